The molecular weight excluding hydrogens is 374 g/mol. The minimum atomic E-state index is -0.736. The first-order valence-corrected chi connectivity index (χ1v) is 9.29. The van der Waals surface area contributed by atoms with Crippen LogP contribution in [0.15, 0.2) is 42.5 Å². The average Bonchev–Trinajstić information content (AvgIpc) is 2.94. The smallest absolute Gasteiger partial charge is 0.255 e. The fourth-order valence-corrected chi connectivity index (χ4v) is 3.35. The van der Waals surface area contributed by atoms with Crippen molar-refractivity contribution in [2.24, 2.45) is 0 Å². The Bertz CT molecular complexity index is 1040. The molecule has 5 nitrogen and oxygen atoms in total. The Labute approximate surface area is 169 Å². The molecule has 0 spiro atoms. The van der Waals surface area contributed by atoms with Crippen LogP contribution in [0.1, 0.15) is 32.9 Å². The van der Waals surface area contributed by atoms with Crippen LogP contribution in [-0.4, -0.2) is 34.7 Å². The van der Waals surface area contributed by atoms with Crippen LogP contribution in [0.3, 0.4) is 0 Å². The summed E-state index contributed by atoms with van der Waals surface area (Å²) < 4.78 is 28.7. The molecule has 0 saturated heterocycles. The number of carbonyl (C=O) groups is 1. The highest BCUT2D eigenvalue weighted by Crippen LogP contribution is 2.21. The maximum atomic E-state index is 14.2. The Morgan fingerprint density at radius 2 is 1.79 bits per heavy atom. The van der Waals surface area contributed by atoms with Gasteiger partial charge in [0.2, 0.25) is 0 Å². The highest BCUT2D eigenvalue weighted by atomic mass is 19.1. The van der Waals surface area contributed by atoms with Crippen LogP contribution >= 0.6 is 0 Å². The van der Waals surface area contributed by atoms with Crippen molar-refractivity contribution in [3.05, 3.63) is 82.2 Å². The minimum absolute atomic E-state index is 0.0994. The highest BCUT2D eigenvalue weighted by molar-refractivity contribution is 5.96. The van der Waals surface area contributed by atoms with E-state index in [0.717, 1.165) is 29.8 Å². The zero-order valence-corrected chi connectivity index (χ0v) is 17.0. The molecule has 1 amide bonds. The van der Waals surface area contributed by atoms with Gasteiger partial charge in [0, 0.05) is 19.2 Å². The largest absolute Gasteiger partial charge is 0.348 e. The summed E-state index contributed by atoms with van der Waals surface area (Å²) in [6, 6.07) is 11.2. The van der Waals surface area contributed by atoms with Gasteiger partial charge in [0.05, 0.1) is 17.0 Å². The lowest BCUT2D eigenvalue weighted by Crippen LogP contribution is -2.25. The first-order valence-electron chi connectivity index (χ1n) is 9.29. The molecule has 0 aliphatic rings. The van der Waals surface area contributed by atoms with Crippen molar-refractivity contribution in [1.29, 1.82) is 0 Å². The molecular formula is C22H24F2N4O. The number of aryl methyl sites for hydroxylation is 1. The Kier molecular flexibility index (Phi) is 6.08. The summed E-state index contributed by atoms with van der Waals surface area (Å²) in [5.74, 6) is -1.68. The number of rotatable bonds is 6. The molecule has 1 aromatic heterocycles. The number of benzene rings is 2. The fourth-order valence-electron chi connectivity index (χ4n) is 3.35. The number of hydrogen-bond donors (Lipinski definition) is 1. The van der Waals surface area contributed by atoms with Gasteiger partial charge >= 0.3 is 0 Å². The molecule has 3 rings (SSSR count). The van der Waals surface area contributed by atoms with Crippen molar-refractivity contribution in [2.75, 3.05) is 14.1 Å². The van der Waals surface area contributed by atoms with E-state index in [1.165, 1.54) is 10.7 Å². The van der Waals surface area contributed by atoms with Crippen molar-refractivity contribution in [3.8, 4) is 5.69 Å². The molecule has 0 fully saturated rings. The number of carbonyl (C=O) groups excluding carboxylic acids is 1. The number of nitrogens with one attached hydrogen (secondary N) is 1. The number of nitrogens with zero attached hydrogens (tertiary/aromatic N) is 3. The van der Waals surface area contributed by atoms with Crippen molar-refractivity contribution in [1.82, 2.24) is 20.0 Å². The number of halogens is 2. The topological polar surface area (TPSA) is 50.2 Å². The second kappa shape index (κ2) is 8.53. The van der Waals surface area contributed by atoms with Gasteiger partial charge in [-0.3, -0.25) is 4.79 Å². The van der Waals surface area contributed by atoms with Crippen molar-refractivity contribution in [3.63, 3.8) is 0 Å². The lowest BCUT2D eigenvalue weighted by Gasteiger charge is -2.14. The van der Waals surface area contributed by atoms with Crippen molar-refractivity contribution in [2.45, 2.75) is 26.9 Å². The molecule has 0 radical (unpaired) electrons. The summed E-state index contributed by atoms with van der Waals surface area (Å²) in [7, 11) is 3.98. The zero-order chi connectivity index (χ0) is 21.1. The lowest BCUT2D eigenvalue weighted by molar-refractivity contribution is 0.0949. The zero-order valence-electron chi connectivity index (χ0n) is 17.0. The SMILES string of the molecule is Cc1nn(-c2ccc(F)cc2F)c(C)c1C(=O)NCc1ccccc1CN(C)C. The standard InChI is InChI=1S/C22H24F2N4O/c1-14-21(15(2)28(26-14)20-10-9-18(23)11-19(20)24)22(29)25-12-16-7-5-6-8-17(16)13-27(3)4/h5-11H,12-13H2,1-4H3,(H,25,29). The van der Waals surface area contributed by atoms with E-state index in [1.54, 1.807) is 13.8 Å². The number of aromatic nitrogens is 2. The molecule has 0 aliphatic heterocycles. The fraction of sp³-hybridized carbons (Fsp3) is 0.273. The van der Waals surface area contributed by atoms with Crippen LogP contribution in [0.5, 0.6) is 0 Å². The van der Waals surface area contributed by atoms with Crippen LogP contribution in [0, 0.1) is 25.5 Å². The summed E-state index contributed by atoms with van der Waals surface area (Å²) in [5.41, 5.74) is 3.62. The van der Waals surface area contributed by atoms with Gasteiger partial charge < -0.3 is 10.2 Å². The molecule has 7 heteroatoms. The Morgan fingerprint density at radius 1 is 1.10 bits per heavy atom. The van der Waals surface area contributed by atoms with E-state index in [-0.39, 0.29) is 11.6 Å². The summed E-state index contributed by atoms with van der Waals surface area (Å²) in [4.78, 5) is 14.9. The molecule has 0 bridgehead atoms. The van der Waals surface area contributed by atoms with Gasteiger partial charge in [-0.05, 0) is 51.2 Å². The number of hydrogen-bond acceptors (Lipinski definition) is 3. The van der Waals surface area contributed by atoms with Crippen LogP contribution in [0.4, 0.5) is 8.78 Å². The summed E-state index contributed by atoms with van der Waals surface area (Å²) >= 11 is 0. The molecule has 3 aromatic rings. The van der Waals surface area contributed by atoms with Gasteiger partial charge in [-0.15, -0.1) is 0 Å². The van der Waals surface area contributed by atoms with Crippen LogP contribution in [0.2, 0.25) is 0 Å². The molecule has 0 atom stereocenters. The second-order valence-electron chi connectivity index (χ2n) is 7.24. The summed E-state index contributed by atoms with van der Waals surface area (Å²) in [6.07, 6.45) is 0. The lowest BCUT2D eigenvalue weighted by atomic mass is 10.1. The van der Waals surface area contributed by atoms with Gasteiger partial charge in [0.1, 0.15) is 11.5 Å². The molecule has 1 heterocycles. The van der Waals surface area contributed by atoms with E-state index in [0.29, 0.717) is 23.5 Å². The maximum absolute atomic E-state index is 14.2. The minimum Gasteiger partial charge on any atom is -0.348 e. The van der Waals surface area contributed by atoms with Gasteiger partial charge in [-0.1, -0.05) is 24.3 Å². The Hall–Kier alpha value is -3.06. The van der Waals surface area contributed by atoms with E-state index in [1.807, 2.05) is 38.4 Å². The van der Waals surface area contributed by atoms with Crippen molar-refractivity contribution >= 4 is 5.91 Å². The first kappa shape index (κ1) is 20.7. The van der Waals surface area contributed by atoms with E-state index in [4.69, 9.17) is 0 Å². The van der Waals surface area contributed by atoms with Crippen LogP contribution in [0.25, 0.3) is 5.69 Å². The van der Waals surface area contributed by atoms with E-state index < -0.39 is 11.6 Å². The second-order valence-corrected chi connectivity index (χ2v) is 7.24. The quantitative estimate of drug-likeness (QED) is 0.688. The third-order valence-electron chi connectivity index (χ3n) is 4.70. The van der Waals surface area contributed by atoms with Gasteiger partial charge in [-0.2, -0.15) is 5.10 Å². The number of amides is 1. The van der Waals surface area contributed by atoms with E-state index in [9.17, 15) is 13.6 Å². The Balaban J connectivity index is 1.83. The predicted octanol–water partition coefficient (Wildman–Crippen LogP) is 3.76. The Morgan fingerprint density at radius 3 is 2.45 bits per heavy atom. The first-order chi connectivity index (χ1) is 13.8. The summed E-state index contributed by atoms with van der Waals surface area (Å²) in [5, 5.41) is 7.23. The third-order valence-corrected chi connectivity index (χ3v) is 4.70. The molecule has 29 heavy (non-hydrogen) atoms. The normalized spacial score (nSPS) is 11.1. The molecule has 2 aromatic carbocycles. The third kappa shape index (κ3) is 4.51. The van der Waals surface area contributed by atoms with Gasteiger partial charge in [0.15, 0.2) is 5.82 Å². The molecule has 1 N–H and O–H groups in total. The van der Waals surface area contributed by atoms with Gasteiger partial charge in [0.25, 0.3) is 5.91 Å². The summed E-state index contributed by atoms with van der Waals surface area (Å²) in [6.45, 7) is 4.53. The molecule has 0 saturated carbocycles. The molecule has 0 unspecified atom stereocenters. The predicted molar refractivity (Wildman–Crippen MR) is 108 cm³/mol. The average molecular weight is 398 g/mol. The van der Waals surface area contributed by atoms with Crippen LogP contribution < -0.4 is 5.32 Å². The van der Waals surface area contributed by atoms with E-state index in [2.05, 4.69) is 15.3 Å². The molecule has 0 aliphatic carbocycles. The van der Waals surface area contributed by atoms with E-state index >= 15 is 0 Å². The van der Waals surface area contributed by atoms with Gasteiger partial charge in [-0.25, -0.2) is 13.5 Å². The van der Waals surface area contributed by atoms with Crippen molar-refractivity contribution < 1.29 is 13.6 Å². The molecule has 152 valence electrons. The highest BCUT2D eigenvalue weighted by Gasteiger charge is 2.21. The van der Waals surface area contributed by atoms with Crippen LogP contribution in [-0.2, 0) is 13.1 Å². The monoisotopic (exact) mass is 398 g/mol. The maximum Gasteiger partial charge on any atom is 0.255 e.